The first-order valence-electron chi connectivity index (χ1n) is 6.50. The predicted molar refractivity (Wildman–Crippen MR) is 84.2 cm³/mol. The summed E-state index contributed by atoms with van der Waals surface area (Å²) in [6, 6.07) is 13.1. The summed E-state index contributed by atoms with van der Waals surface area (Å²) in [5.41, 5.74) is 4.68. The summed E-state index contributed by atoms with van der Waals surface area (Å²) in [5.74, 6) is 5.84. The van der Waals surface area contributed by atoms with E-state index in [1.54, 1.807) is 11.3 Å². The van der Waals surface area contributed by atoms with Crippen LogP contribution in [0.3, 0.4) is 0 Å². The summed E-state index contributed by atoms with van der Waals surface area (Å²) < 4.78 is 1.20. The minimum atomic E-state index is 0.222. The molecule has 19 heavy (non-hydrogen) atoms. The average molecular weight is 337 g/mol. The lowest BCUT2D eigenvalue weighted by Gasteiger charge is -2.26. The number of hydrogen-bond donors (Lipinski definition) is 2. The monoisotopic (exact) mass is 336 g/mol. The van der Waals surface area contributed by atoms with E-state index < -0.39 is 0 Å². The van der Waals surface area contributed by atoms with Gasteiger partial charge >= 0.3 is 0 Å². The van der Waals surface area contributed by atoms with Gasteiger partial charge in [0.1, 0.15) is 0 Å². The number of halogens is 1. The van der Waals surface area contributed by atoms with Crippen LogP contribution in [-0.4, -0.2) is 6.04 Å². The first kappa shape index (κ1) is 13.3. The lowest BCUT2D eigenvalue weighted by Crippen LogP contribution is -2.45. The smallest absolute Gasteiger partial charge is 0.0355 e. The number of rotatable bonds is 5. The molecule has 100 valence electrons. The normalized spacial score (nSPS) is 18.2. The fraction of sp³-hybridized carbons (Fsp3) is 0.333. The van der Waals surface area contributed by atoms with Crippen LogP contribution in [0.25, 0.3) is 0 Å². The molecule has 2 nitrogen and oxygen atoms in total. The van der Waals surface area contributed by atoms with E-state index in [4.69, 9.17) is 5.84 Å². The van der Waals surface area contributed by atoms with Crippen LogP contribution < -0.4 is 11.3 Å². The number of nitrogens with two attached hydrogens (primary N) is 1. The number of thiophene rings is 1. The van der Waals surface area contributed by atoms with Gasteiger partial charge in [-0.25, -0.2) is 0 Å². The highest BCUT2D eigenvalue weighted by Gasteiger charge is 2.50. The van der Waals surface area contributed by atoms with E-state index in [2.05, 4.69) is 63.1 Å². The maximum absolute atomic E-state index is 5.84. The van der Waals surface area contributed by atoms with Crippen molar-refractivity contribution in [3.8, 4) is 0 Å². The van der Waals surface area contributed by atoms with Crippen LogP contribution in [0, 0.1) is 0 Å². The number of nitrogens with one attached hydrogen (secondary N) is 1. The molecule has 3 N–H and O–H groups in total. The molecule has 1 aliphatic rings. The lowest BCUT2D eigenvalue weighted by atomic mass is 9.86. The van der Waals surface area contributed by atoms with E-state index in [0.29, 0.717) is 6.04 Å². The van der Waals surface area contributed by atoms with Crippen molar-refractivity contribution < 1.29 is 0 Å². The first-order valence-corrected chi connectivity index (χ1v) is 8.17. The summed E-state index contributed by atoms with van der Waals surface area (Å²) in [6.07, 6.45) is 3.41. The second-order valence-electron chi connectivity index (χ2n) is 5.14. The van der Waals surface area contributed by atoms with Crippen molar-refractivity contribution in [1.82, 2.24) is 5.43 Å². The molecule has 1 aromatic heterocycles. The largest absolute Gasteiger partial charge is 0.271 e. The van der Waals surface area contributed by atoms with Crippen LogP contribution >= 0.6 is 27.3 Å². The van der Waals surface area contributed by atoms with Gasteiger partial charge in [-0.15, -0.1) is 11.3 Å². The van der Waals surface area contributed by atoms with Crippen molar-refractivity contribution in [3.63, 3.8) is 0 Å². The van der Waals surface area contributed by atoms with Gasteiger partial charge in [0.25, 0.3) is 0 Å². The number of hydrazine groups is 1. The minimum Gasteiger partial charge on any atom is -0.271 e. The highest BCUT2D eigenvalue weighted by Crippen LogP contribution is 2.51. The Hall–Kier alpha value is -0.680. The third kappa shape index (κ3) is 2.50. The van der Waals surface area contributed by atoms with Gasteiger partial charge in [-0.2, -0.15) is 0 Å². The van der Waals surface area contributed by atoms with Crippen molar-refractivity contribution >= 4 is 27.3 Å². The van der Waals surface area contributed by atoms with Crippen LogP contribution in [0.5, 0.6) is 0 Å². The molecule has 0 radical (unpaired) electrons. The standard InChI is InChI=1S/C15H17BrN2S/c16-12-6-9-19-13(12)10-14(18-17)15(7-8-15)11-4-2-1-3-5-11/h1-6,9,14,18H,7-8,10,17H2. The molecular weight excluding hydrogens is 320 g/mol. The fourth-order valence-corrected chi connectivity index (χ4v) is 4.37. The molecule has 1 unspecified atom stereocenters. The van der Waals surface area contributed by atoms with Crippen molar-refractivity contribution in [2.75, 3.05) is 0 Å². The summed E-state index contributed by atoms with van der Waals surface area (Å²) in [5, 5.41) is 2.12. The number of benzene rings is 1. The van der Waals surface area contributed by atoms with Crippen LogP contribution in [0.1, 0.15) is 23.3 Å². The lowest BCUT2D eigenvalue weighted by molar-refractivity contribution is 0.422. The molecule has 0 spiro atoms. The van der Waals surface area contributed by atoms with Gasteiger partial charge in [0, 0.05) is 27.2 Å². The van der Waals surface area contributed by atoms with Crippen molar-refractivity contribution in [3.05, 3.63) is 56.7 Å². The van der Waals surface area contributed by atoms with Gasteiger partial charge in [0.15, 0.2) is 0 Å². The molecule has 1 heterocycles. The van der Waals surface area contributed by atoms with Crippen LogP contribution in [0.2, 0.25) is 0 Å². The Bertz CT molecular complexity index is 548. The van der Waals surface area contributed by atoms with Crippen LogP contribution in [-0.2, 0) is 11.8 Å². The Balaban J connectivity index is 1.85. The Labute approximate surface area is 126 Å². The molecule has 0 amide bonds. The zero-order valence-corrected chi connectivity index (χ0v) is 13.0. The van der Waals surface area contributed by atoms with Gasteiger partial charge in [-0.05, 0) is 45.8 Å². The van der Waals surface area contributed by atoms with Crippen molar-refractivity contribution in [1.29, 1.82) is 0 Å². The van der Waals surface area contributed by atoms with Crippen molar-refractivity contribution in [2.24, 2.45) is 5.84 Å². The molecule has 1 fully saturated rings. The second kappa shape index (κ2) is 5.37. The Kier molecular flexibility index (Phi) is 3.76. The number of hydrogen-bond acceptors (Lipinski definition) is 3. The summed E-state index contributed by atoms with van der Waals surface area (Å²) in [7, 11) is 0. The average Bonchev–Trinajstić information content (AvgIpc) is 3.16. The minimum absolute atomic E-state index is 0.222. The van der Waals surface area contributed by atoms with Gasteiger partial charge in [0.2, 0.25) is 0 Å². The molecule has 1 aromatic carbocycles. The van der Waals surface area contributed by atoms with Crippen molar-refractivity contribution in [2.45, 2.75) is 30.7 Å². The van der Waals surface area contributed by atoms with E-state index in [0.717, 1.165) is 6.42 Å². The van der Waals surface area contributed by atoms with E-state index in [1.165, 1.54) is 27.8 Å². The molecule has 0 bridgehead atoms. The highest BCUT2D eigenvalue weighted by atomic mass is 79.9. The van der Waals surface area contributed by atoms with Gasteiger partial charge in [-0.3, -0.25) is 11.3 Å². The topological polar surface area (TPSA) is 38.0 Å². The van der Waals surface area contributed by atoms with Gasteiger partial charge in [-0.1, -0.05) is 30.3 Å². The van der Waals surface area contributed by atoms with Crippen LogP contribution in [0.4, 0.5) is 0 Å². The molecule has 1 saturated carbocycles. The van der Waals surface area contributed by atoms with Gasteiger partial charge in [0.05, 0.1) is 0 Å². The van der Waals surface area contributed by atoms with E-state index in [9.17, 15) is 0 Å². The molecule has 0 aliphatic heterocycles. The molecular formula is C15H17BrN2S. The first-order chi connectivity index (χ1) is 9.26. The Morgan fingerprint density at radius 1 is 1.26 bits per heavy atom. The van der Waals surface area contributed by atoms with Gasteiger partial charge < -0.3 is 0 Å². The molecule has 1 aliphatic carbocycles. The molecule has 2 aromatic rings. The summed E-state index contributed by atoms with van der Waals surface area (Å²) in [6.45, 7) is 0. The zero-order chi connectivity index (χ0) is 13.3. The SMILES string of the molecule is NNC(Cc1sccc1Br)C1(c2ccccc2)CC1. The second-order valence-corrected chi connectivity index (χ2v) is 6.99. The zero-order valence-electron chi connectivity index (χ0n) is 10.6. The molecule has 0 saturated heterocycles. The quantitative estimate of drug-likeness (QED) is 0.646. The highest BCUT2D eigenvalue weighted by molar-refractivity contribution is 9.10. The third-order valence-electron chi connectivity index (χ3n) is 4.09. The van der Waals surface area contributed by atoms with E-state index in [1.807, 2.05) is 0 Å². The summed E-state index contributed by atoms with van der Waals surface area (Å²) >= 11 is 5.40. The Morgan fingerprint density at radius 2 is 2.00 bits per heavy atom. The van der Waals surface area contributed by atoms with E-state index >= 15 is 0 Å². The maximum Gasteiger partial charge on any atom is 0.0355 e. The predicted octanol–water partition coefficient (Wildman–Crippen LogP) is 3.62. The van der Waals surface area contributed by atoms with E-state index in [-0.39, 0.29) is 5.41 Å². The fourth-order valence-electron chi connectivity index (χ4n) is 2.81. The maximum atomic E-state index is 5.84. The summed E-state index contributed by atoms with van der Waals surface area (Å²) in [4.78, 5) is 1.37. The Morgan fingerprint density at radius 3 is 2.53 bits per heavy atom. The molecule has 4 heteroatoms. The third-order valence-corrected chi connectivity index (χ3v) is 6.03. The van der Waals surface area contributed by atoms with Crippen LogP contribution in [0.15, 0.2) is 46.3 Å². The molecule has 1 atom stereocenters. The molecule has 3 rings (SSSR count).